The van der Waals surface area contributed by atoms with Gasteiger partial charge in [-0.3, -0.25) is 4.79 Å². The van der Waals surface area contributed by atoms with Crippen LogP contribution in [0.15, 0.2) is 36.4 Å². The van der Waals surface area contributed by atoms with E-state index < -0.39 is 5.97 Å². The molecule has 1 aliphatic heterocycles. The lowest BCUT2D eigenvalue weighted by Gasteiger charge is -2.23. The number of methoxy groups -OCH3 is 3. The summed E-state index contributed by atoms with van der Waals surface area (Å²) in [7, 11) is 4.64. The van der Waals surface area contributed by atoms with Crippen molar-refractivity contribution in [2.75, 3.05) is 39.7 Å². The van der Waals surface area contributed by atoms with E-state index in [1.165, 1.54) is 12.0 Å². The Hall–Kier alpha value is -3.06. The fourth-order valence-corrected chi connectivity index (χ4v) is 4.01. The Kier molecular flexibility index (Phi) is 6.95. The molecule has 1 saturated heterocycles. The minimum atomic E-state index is -0.430. The molecule has 3 rings (SSSR count). The van der Waals surface area contributed by atoms with Crippen LogP contribution in [-0.4, -0.2) is 46.3 Å². The SMILES string of the molecule is COC(=O)c1ccc(C)c(NC(=O)C[NH+]2CCC[C@@H]2c2cc(OC)ccc2OC)c1. The van der Waals surface area contributed by atoms with Crippen molar-refractivity contribution < 1.29 is 28.7 Å². The van der Waals surface area contributed by atoms with Crippen LogP contribution in [0.4, 0.5) is 5.69 Å². The maximum atomic E-state index is 12.8. The molecule has 160 valence electrons. The summed E-state index contributed by atoms with van der Waals surface area (Å²) in [5.74, 6) is 1.06. The predicted octanol–water partition coefficient (Wildman–Crippen LogP) is 2.16. The van der Waals surface area contributed by atoms with Gasteiger partial charge >= 0.3 is 5.97 Å². The number of esters is 1. The molecule has 0 radical (unpaired) electrons. The van der Waals surface area contributed by atoms with Gasteiger partial charge in [0.2, 0.25) is 0 Å². The molecule has 2 atom stereocenters. The summed E-state index contributed by atoms with van der Waals surface area (Å²) in [6.45, 7) is 3.12. The summed E-state index contributed by atoms with van der Waals surface area (Å²) in [6.07, 6.45) is 2.01. The highest BCUT2D eigenvalue weighted by atomic mass is 16.5. The fourth-order valence-electron chi connectivity index (χ4n) is 4.01. The van der Waals surface area contributed by atoms with E-state index in [0.717, 1.165) is 42.0 Å². The second kappa shape index (κ2) is 9.63. The van der Waals surface area contributed by atoms with Gasteiger partial charge in [0, 0.05) is 18.5 Å². The monoisotopic (exact) mass is 413 g/mol. The average molecular weight is 413 g/mol. The highest BCUT2D eigenvalue weighted by molar-refractivity contribution is 5.95. The van der Waals surface area contributed by atoms with Crippen LogP contribution in [0.25, 0.3) is 0 Å². The highest BCUT2D eigenvalue weighted by Gasteiger charge is 2.34. The minimum Gasteiger partial charge on any atom is -0.497 e. The lowest BCUT2D eigenvalue weighted by Crippen LogP contribution is -3.11. The zero-order valence-corrected chi connectivity index (χ0v) is 17.9. The Bertz CT molecular complexity index is 928. The van der Waals surface area contributed by atoms with Gasteiger partial charge in [-0.1, -0.05) is 6.07 Å². The minimum absolute atomic E-state index is 0.0936. The fraction of sp³-hybridized carbons (Fsp3) is 0.391. The summed E-state index contributed by atoms with van der Waals surface area (Å²) < 4.78 is 15.7. The number of anilines is 1. The number of nitrogens with one attached hydrogen (secondary N) is 2. The maximum absolute atomic E-state index is 12.8. The third-order valence-electron chi connectivity index (χ3n) is 5.62. The number of carbonyl (C=O) groups is 2. The van der Waals surface area contributed by atoms with E-state index >= 15 is 0 Å². The number of aryl methyl sites for hydroxylation is 1. The summed E-state index contributed by atoms with van der Waals surface area (Å²) in [5.41, 5.74) is 2.97. The third kappa shape index (κ3) is 4.74. The summed E-state index contributed by atoms with van der Waals surface area (Å²) in [5, 5.41) is 2.96. The van der Waals surface area contributed by atoms with Gasteiger partial charge in [-0.2, -0.15) is 0 Å². The van der Waals surface area contributed by atoms with Crippen LogP contribution in [-0.2, 0) is 9.53 Å². The van der Waals surface area contributed by atoms with E-state index in [9.17, 15) is 9.59 Å². The molecule has 2 aromatic carbocycles. The zero-order chi connectivity index (χ0) is 21.7. The van der Waals surface area contributed by atoms with Gasteiger partial charge in [0.25, 0.3) is 5.91 Å². The number of hydrogen-bond acceptors (Lipinski definition) is 5. The molecule has 1 aliphatic rings. The number of rotatable bonds is 7. The molecule has 0 saturated carbocycles. The number of carbonyl (C=O) groups excluding carboxylic acids is 2. The second-order valence-electron chi connectivity index (χ2n) is 7.46. The van der Waals surface area contributed by atoms with E-state index in [-0.39, 0.29) is 11.9 Å². The van der Waals surface area contributed by atoms with Crippen molar-refractivity contribution in [3.05, 3.63) is 53.1 Å². The van der Waals surface area contributed by atoms with Crippen LogP contribution in [0.3, 0.4) is 0 Å². The Labute approximate surface area is 176 Å². The standard InChI is InChI=1S/C23H28N2O5/c1-15-7-8-16(23(27)30-4)12-19(15)24-22(26)14-25-11-5-6-20(25)18-13-17(28-2)9-10-21(18)29-3/h7-10,12-13,20H,5-6,11,14H2,1-4H3,(H,24,26)/p+1/t20-/m1/s1. The van der Waals surface area contributed by atoms with Crippen molar-refractivity contribution in [2.24, 2.45) is 0 Å². The molecule has 1 heterocycles. The molecule has 30 heavy (non-hydrogen) atoms. The van der Waals surface area contributed by atoms with Crippen molar-refractivity contribution in [3.63, 3.8) is 0 Å². The van der Waals surface area contributed by atoms with Gasteiger partial charge in [-0.25, -0.2) is 4.79 Å². The molecule has 0 bridgehead atoms. The number of likely N-dealkylation sites (tertiary alicyclic amines) is 1. The topological polar surface area (TPSA) is 78.3 Å². The Morgan fingerprint density at radius 2 is 1.90 bits per heavy atom. The summed E-state index contributed by atoms with van der Waals surface area (Å²) >= 11 is 0. The molecular weight excluding hydrogens is 384 g/mol. The third-order valence-corrected chi connectivity index (χ3v) is 5.62. The first-order chi connectivity index (χ1) is 14.5. The maximum Gasteiger partial charge on any atom is 0.337 e. The van der Waals surface area contributed by atoms with Crippen molar-refractivity contribution >= 4 is 17.6 Å². The number of quaternary nitrogens is 1. The molecule has 1 unspecified atom stereocenters. The van der Waals surface area contributed by atoms with Crippen LogP contribution in [0.1, 0.15) is 40.4 Å². The van der Waals surface area contributed by atoms with E-state index in [4.69, 9.17) is 14.2 Å². The summed E-state index contributed by atoms with van der Waals surface area (Å²) in [6, 6.07) is 11.1. The van der Waals surface area contributed by atoms with Gasteiger partial charge in [0.1, 0.15) is 17.5 Å². The molecule has 7 nitrogen and oxygen atoms in total. The lowest BCUT2D eigenvalue weighted by molar-refractivity contribution is -0.910. The number of ether oxygens (including phenoxy) is 3. The number of amides is 1. The Morgan fingerprint density at radius 3 is 2.60 bits per heavy atom. The van der Waals surface area contributed by atoms with Crippen LogP contribution >= 0.6 is 0 Å². The highest BCUT2D eigenvalue weighted by Crippen LogP contribution is 2.31. The van der Waals surface area contributed by atoms with Crippen LogP contribution in [0.2, 0.25) is 0 Å². The van der Waals surface area contributed by atoms with Crippen molar-refractivity contribution in [1.29, 1.82) is 0 Å². The summed E-state index contributed by atoms with van der Waals surface area (Å²) in [4.78, 5) is 25.8. The number of hydrogen-bond donors (Lipinski definition) is 2. The Morgan fingerprint density at radius 1 is 1.10 bits per heavy atom. The van der Waals surface area contributed by atoms with E-state index in [2.05, 4.69) is 5.32 Å². The molecule has 2 aromatic rings. The second-order valence-corrected chi connectivity index (χ2v) is 7.46. The van der Waals surface area contributed by atoms with Crippen LogP contribution in [0.5, 0.6) is 11.5 Å². The molecular formula is C23H29N2O5+. The van der Waals surface area contributed by atoms with E-state index in [1.54, 1.807) is 32.4 Å². The molecule has 0 aromatic heterocycles. The number of benzene rings is 2. The molecule has 0 aliphatic carbocycles. The van der Waals surface area contributed by atoms with Crippen LogP contribution in [0, 0.1) is 6.92 Å². The van der Waals surface area contributed by atoms with Gasteiger partial charge in [-0.05, 0) is 42.8 Å². The van der Waals surface area contributed by atoms with Crippen molar-refractivity contribution in [2.45, 2.75) is 25.8 Å². The van der Waals surface area contributed by atoms with Gasteiger partial charge < -0.3 is 24.4 Å². The molecule has 1 amide bonds. The lowest BCUT2D eigenvalue weighted by atomic mass is 10.0. The zero-order valence-electron chi connectivity index (χ0n) is 17.9. The quantitative estimate of drug-likeness (QED) is 0.680. The molecule has 1 fully saturated rings. The van der Waals surface area contributed by atoms with E-state index in [0.29, 0.717) is 17.8 Å². The van der Waals surface area contributed by atoms with E-state index in [1.807, 2.05) is 25.1 Å². The molecule has 0 spiro atoms. The molecule has 2 N–H and O–H groups in total. The normalized spacial score (nSPS) is 18.0. The van der Waals surface area contributed by atoms with Gasteiger partial charge in [-0.15, -0.1) is 0 Å². The predicted molar refractivity (Wildman–Crippen MR) is 113 cm³/mol. The van der Waals surface area contributed by atoms with Crippen molar-refractivity contribution in [1.82, 2.24) is 0 Å². The largest absolute Gasteiger partial charge is 0.497 e. The van der Waals surface area contributed by atoms with Gasteiger partial charge in [0.15, 0.2) is 6.54 Å². The first-order valence-corrected chi connectivity index (χ1v) is 10.0. The smallest absolute Gasteiger partial charge is 0.337 e. The van der Waals surface area contributed by atoms with Crippen molar-refractivity contribution in [3.8, 4) is 11.5 Å². The first-order valence-electron chi connectivity index (χ1n) is 10.0. The average Bonchev–Trinajstić information content (AvgIpc) is 3.21. The Balaban J connectivity index is 1.75. The van der Waals surface area contributed by atoms with Crippen LogP contribution < -0.4 is 19.7 Å². The van der Waals surface area contributed by atoms with Gasteiger partial charge in [0.05, 0.1) is 39.0 Å². The molecule has 7 heteroatoms. The first kappa shape index (κ1) is 21.6.